The lowest BCUT2D eigenvalue weighted by molar-refractivity contribution is -0.156. The maximum absolute atomic E-state index is 12.2. The normalized spacial score (nSPS) is 32.4. The van der Waals surface area contributed by atoms with Crippen molar-refractivity contribution in [3.05, 3.63) is 9.93 Å². The van der Waals surface area contributed by atoms with Crippen LogP contribution in [0.3, 0.4) is 0 Å². The highest BCUT2D eigenvalue weighted by atomic mass is 32.2. The number of likely N-dealkylation sites (tertiary alicyclic amines) is 1. The van der Waals surface area contributed by atoms with E-state index in [0.29, 0.717) is 15.5 Å². The van der Waals surface area contributed by atoms with Gasteiger partial charge in [-0.05, 0) is 19.8 Å². The fraction of sp³-hybridized carbons (Fsp3) is 0.750. The van der Waals surface area contributed by atoms with E-state index in [0.717, 1.165) is 39.1 Å². The van der Waals surface area contributed by atoms with E-state index in [1.807, 2.05) is 0 Å². The lowest BCUT2D eigenvalue weighted by Gasteiger charge is -2.45. The number of β-lactam (4-membered cyclic amide) rings is 1. The van der Waals surface area contributed by atoms with Gasteiger partial charge in [0.25, 0.3) is 0 Å². The van der Waals surface area contributed by atoms with Gasteiger partial charge < -0.3 is 14.9 Å². The van der Waals surface area contributed by atoms with Crippen molar-refractivity contribution in [2.45, 2.75) is 42.5 Å². The number of nitrogens with zero attached hydrogens (tertiary/aromatic N) is 2. The molecule has 7 nitrogen and oxygen atoms in total. The number of hydrogen-bond donors (Lipinski definition) is 2. The van der Waals surface area contributed by atoms with E-state index in [-0.39, 0.29) is 17.0 Å². The topological polar surface area (TPSA) is 90.3 Å². The summed E-state index contributed by atoms with van der Waals surface area (Å²) in [5, 5.41) is 19.4. The number of aliphatic hydroxyl groups is 1. The van der Waals surface area contributed by atoms with Crippen LogP contribution >= 0.6 is 23.5 Å². The smallest absolute Gasteiger partial charge is 0.354 e. The van der Waals surface area contributed by atoms with Crippen molar-refractivity contribution in [3.8, 4) is 0 Å². The summed E-state index contributed by atoms with van der Waals surface area (Å²) in [5.74, 6) is -1.84. The first kappa shape index (κ1) is 17.7. The molecule has 4 heterocycles. The quantitative estimate of drug-likeness (QED) is 0.669. The lowest BCUT2D eigenvalue weighted by Crippen LogP contribution is -2.60. The molecule has 1 amide bonds. The van der Waals surface area contributed by atoms with E-state index in [1.165, 1.54) is 16.7 Å². The van der Waals surface area contributed by atoms with Crippen molar-refractivity contribution in [2.75, 3.05) is 26.3 Å². The van der Waals surface area contributed by atoms with Crippen LogP contribution in [0.5, 0.6) is 0 Å². The number of ether oxygens (including phenoxy) is 1. The van der Waals surface area contributed by atoms with Crippen LogP contribution in [0.2, 0.25) is 0 Å². The summed E-state index contributed by atoms with van der Waals surface area (Å²) in [7, 11) is 0. The first-order chi connectivity index (χ1) is 12.0. The molecule has 0 bridgehead atoms. The van der Waals surface area contributed by atoms with Crippen LogP contribution in [0, 0.1) is 5.92 Å². The number of fused-ring (bicyclic) bond motifs is 1. The molecule has 4 rings (SSSR count). The molecule has 0 spiro atoms. The predicted molar refractivity (Wildman–Crippen MR) is 94.9 cm³/mol. The third kappa shape index (κ3) is 2.99. The Morgan fingerprint density at radius 2 is 2.04 bits per heavy atom. The van der Waals surface area contributed by atoms with Gasteiger partial charge in [0, 0.05) is 37.6 Å². The van der Waals surface area contributed by atoms with Crippen LogP contribution < -0.4 is 0 Å². The second-order valence-corrected chi connectivity index (χ2v) is 9.66. The van der Waals surface area contributed by atoms with Crippen LogP contribution in [-0.4, -0.2) is 81.0 Å². The molecule has 2 N–H and O–H groups in total. The molecule has 0 aliphatic carbocycles. The summed E-state index contributed by atoms with van der Waals surface area (Å²) in [6, 6.07) is 0.580. The number of aliphatic carboxylic acids is 1. The maximum Gasteiger partial charge on any atom is 0.354 e. The molecule has 138 valence electrons. The van der Waals surface area contributed by atoms with E-state index in [9.17, 15) is 19.8 Å². The molecule has 0 aromatic carbocycles. The summed E-state index contributed by atoms with van der Waals surface area (Å²) >= 11 is 2.99. The van der Waals surface area contributed by atoms with Crippen LogP contribution in [0.25, 0.3) is 0 Å². The number of carbonyl (C=O) groups excluding carboxylic acids is 1. The third-order valence-corrected chi connectivity index (χ3v) is 8.10. The van der Waals surface area contributed by atoms with E-state index in [1.54, 1.807) is 18.7 Å². The fourth-order valence-corrected chi connectivity index (χ4v) is 7.26. The van der Waals surface area contributed by atoms with Gasteiger partial charge in [0.15, 0.2) is 5.70 Å². The summed E-state index contributed by atoms with van der Waals surface area (Å²) in [6.07, 6.45) is 1.37. The number of amides is 1. The van der Waals surface area contributed by atoms with Gasteiger partial charge in [-0.3, -0.25) is 14.6 Å². The Morgan fingerprint density at radius 1 is 1.36 bits per heavy atom. The van der Waals surface area contributed by atoms with Gasteiger partial charge in [-0.1, -0.05) is 11.8 Å². The number of rotatable bonds is 5. The van der Waals surface area contributed by atoms with E-state index in [2.05, 4.69) is 4.90 Å². The number of hydrogen-bond acceptors (Lipinski definition) is 7. The first-order valence-corrected chi connectivity index (χ1v) is 10.4. The predicted octanol–water partition coefficient (Wildman–Crippen LogP) is 0.749. The lowest BCUT2D eigenvalue weighted by atomic mass is 9.92. The van der Waals surface area contributed by atoms with Gasteiger partial charge in [-0.15, -0.1) is 11.8 Å². The van der Waals surface area contributed by atoms with Crippen molar-refractivity contribution in [3.63, 3.8) is 0 Å². The summed E-state index contributed by atoms with van der Waals surface area (Å²) in [5.41, 5.74) is 0.103. The van der Waals surface area contributed by atoms with Gasteiger partial charge >= 0.3 is 5.97 Å². The zero-order chi connectivity index (χ0) is 17.7. The average Bonchev–Trinajstić information content (AvgIpc) is 2.85. The summed E-state index contributed by atoms with van der Waals surface area (Å²) in [4.78, 5) is 27.6. The van der Waals surface area contributed by atoms with Gasteiger partial charge in [-0.25, -0.2) is 4.79 Å². The molecule has 4 aliphatic heterocycles. The maximum atomic E-state index is 12.2. The minimum absolute atomic E-state index is 0.103. The number of carbonyl (C=O) groups is 2. The molecule has 0 saturated carbocycles. The molecular formula is C16H22N2O5S2. The van der Waals surface area contributed by atoms with Crippen molar-refractivity contribution in [2.24, 2.45) is 5.92 Å². The van der Waals surface area contributed by atoms with Crippen molar-refractivity contribution in [1.82, 2.24) is 9.80 Å². The molecule has 3 fully saturated rings. The number of carboxylic acid groups (broad SMARTS) is 1. The Labute approximate surface area is 154 Å². The molecule has 4 aliphatic rings. The van der Waals surface area contributed by atoms with Crippen molar-refractivity contribution in [1.29, 1.82) is 0 Å². The Balaban J connectivity index is 1.39. The Kier molecular flexibility index (Phi) is 4.78. The molecule has 0 radical (unpaired) electrons. The Morgan fingerprint density at radius 3 is 2.64 bits per heavy atom. The minimum Gasteiger partial charge on any atom is -0.477 e. The molecule has 0 aromatic rings. The zero-order valence-corrected chi connectivity index (χ0v) is 15.6. The number of carboxylic acids is 1. The largest absolute Gasteiger partial charge is 0.477 e. The SMILES string of the molecule is C[C@@H](O)[C@H]1C(=O)N2C(C(=O)O)=C(SC3CN(C4CCOCC4)C3)S[C@H]12. The van der Waals surface area contributed by atoms with E-state index >= 15 is 0 Å². The Bertz CT molecular complexity index is 614. The molecule has 9 heteroatoms. The van der Waals surface area contributed by atoms with Crippen molar-refractivity contribution < 1.29 is 24.5 Å². The van der Waals surface area contributed by atoms with Crippen LogP contribution in [0.1, 0.15) is 19.8 Å². The molecule has 0 unspecified atom stereocenters. The molecule has 3 saturated heterocycles. The Hall–Kier alpha value is -0.740. The monoisotopic (exact) mass is 386 g/mol. The molecular weight excluding hydrogens is 364 g/mol. The van der Waals surface area contributed by atoms with Crippen molar-refractivity contribution >= 4 is 35.4 Å². The molecule has 3 atom stereocenters. The highest BCUT2D eigenvalue weighted by Gasteiger charge is 2.58. The second kappa shape index (κ2) is 6.77. The summed E-state index contributed by atoms with van der Waals surface area (Å²) in [6.45, 7) is 5.13. The fourth-order valence-electron chi connectivity index (χ4n) is 3.88. The van der Waals surface area contributed by atoms with Gasteiger partial charge in [0.2, 0.25) is 5.91 Å². The zero-order valence-electron chi connectivity index (χ0n) is 14.0. The average molecular weight is 386 g/mol. The first-order valence-electron chi connectivity index (χ1n) is 8.61. The highest BCUT2D eigenvalue weighted by Crippen LogP contribution is 2.55. The number of thioether (sulfide) groups is 2. The molecule has 25 heavy (non-hydrogen) atoms. The van der Waals surface area contributed by atoms with Gasteiger partial charge in [0.05, 0.1) is 16.3 Å². The number of aliphatic hydroxyl groups excluding tert-OH is 1. The van der Waals surface area contributed by atoms with Gasteiger partial charge in [-0.2, -0.15) is 0 Å². The standard InChI is InChI=1S/C16H22N2O5S2/c1-8(19)11-13(20)18-12(15(21)22)16(25-14(11)18)24-10-6-17(7-10)9-2-4-23-5-3-9/h8-11,14,19H,2-7H2,1H3,(H,21,22)/t8-,11+,14-/m1/s1. The van der Waals surface area contributed by atoms with Crippen LogP contribution in [0.15, 0.2) is 9.93 Å². The van der Waals surface area contributed by atoms with Crippen LogP contribution in [-0.2, 0) is 14.3 Å². The minimum atomic E-state index is -1.06. The second-order valence-electron chi connectivity index (χ2n) is 6.96. The summed E-state index contributed by atoms with van der Waals surface area (Å²) < 4.78 is 6.11. The van der Waals surface area contributed by atoms with E-state index < -0.39 is 18.0 Å². The van der Waals surface area contributed by atoms with E-state index in [4.69, 9.17) is 4.74 Å². The third-order valence-electron chi connectivity index (χ3n) is 5.33. The van der Waals surface area contributed by atoms with Crippen LogP contribution in [0.4, 0.5) is 0 Å². The van der Waals surface area contributed by atoms with Gasteiger partial charge in [0.1, 0.15) is 5.37 Å². The highest BCUT2D eigenvalue weighted by molar-refractivity contribution is 8.23. The molecule has 0 aromatic heterocycles.